The number of benzene rings is 2. The van der Waals surface area contributed by atoms with Crippen LogP contribution in [-0.4, -0.2) is 41.3 Å². The van der Waals surface area contributed by atoms with Gasteiger partial charge in [0.25, 0.3) is 0 Å². The summed E-state index contributed by atoms with van der Waals surface area (Å²) in [5.74, 6) is 0.00824. The Morgan fingerprint density at radius 2 is 1.97 bits per heavy atom. The van der Waals surface area contributed by atoms with Crippen molar-refractivity contribution in [2.75, 3.05) is 0 Å². The number of carboxylic acid groups (broad SMARTS) is 1. The Bertz CT molecular complexity index is 1170. The summed E-state index contributed by atoms with van der Waals surface area (Å²) < 4.78 is 1.66. The summed E-state index contributed by atoms with van der Waals surface area (Å²) in [5.41, 5.74) is 3.65. The van der Waals surface area contributed by atoms with Crippen LogP contribution >= 0.6 is 11.6 Å². The second kappa shape index (κ2) is 8.46. The summed E-state index contributed by atoms with van der Waals surface area (Å²) in [6.07, 6.45) is 1.46. The Hall–Kier alpha value is -3.52. The van der Waals surface area contributed by atoms with E-state index in [-0.39, 0.29) is 10.8 Å². The number of aromatic nitrogens is 6. The van der Waals surface area contributed by atoms with Gasteiger partial charge in [0.05, 0.1) is 0 Å². The molecule has 0 fully saturated rings. The highest BCUT2D eigenvalue weighted by atomic mass is 35.5. The van der Waals surface area contributed by atoms with E-state index < -0.39 is 5.97 Å². The summed E-state index contributed by atoms with van der Waals surface area (Å²) in [4.78, 5) is 16.0. The van der Waals surface area contributed by atoms with Gasteiger partial charge >= 0.3 is 5.97 Å². The highest BCUT2D eigenvalue weighted by Gasteiger charge is 2.22. The van der Waals surface area contributed by atoms with E-state index >= 15 is 0 Å². The number of imidazole rings is 1. The number of carbonyl (C=O) groups is 1. The Labute approximate surface area is 177 Å². The van der Waals surface area contributed by atoms with Crippen LogP contribution in [0.2, 0.25) is 5.15 Å². The normalized spacial score (nSPS) is 11.0. The van der Waals surface area contributed by atoms with Crippen LogP contribution in [-0.2, 0) is 13.0 Å². The smallest absolute Gasteiger partial charge is 0.355 e. The summed E-state index contributed by atoms with van der Waals surface area (Å²) >= 11 is 6.12. The van der Waals surface area contributed by atoms with Crippen molar-refractivity contribution in [3.63, 3.8) is 0 Å². The fraction of sp³-hybridized carbons (Fsp3) is 0.190. The van der Waals surface area contributed by atoms with Crippen LogP contribution in [0.4, 0.5) is 0 Å². The van der Waals surface area contributed by atoms with Gasteiger partial charge in [-0.1, -0.05) is 61.0 Å². The van der Waals surface area contributed by atoms with Crippen molar-refractivity contribution in [1.29, 1.82) is 0 Å². The Morgan fingerprint density at radius 3 is 2.63 bits per heavy atom. The lowest BCUT2D eigenvalue weighted by molar-refractivity contribution is 0.0685. The highest BCUT2D eigenvalue weighted by molar-refractivity contribution is 6.32. The van der Waals surface area contributed by atoms with E-state index in [1.54, 1.807) is 4.57 Å². The van der Waals surface area contributed by atoms with Crippen LogP contribution < -0.4 is 0 Å². The van der Waals surface area contributed by atoms with Gasteiger partial charge in [0.1, 0.15) is 5.82 Å². The summed E-state index contributed by atoms with van der Waals surface area (Å²) in [7, 11) is 0. The molecule has 2 heterocycles. The number of hydrogen-bond donors (Lipinski definition) is 2. The number of aromatic carboxylic acids is 1. The van der Waals surface area contributed by atoms with Crippen LogP contribution in [0.3, 0.4) is 0 Å². The third-order valence-electron chi connectivity index (χ3n) is 4.78. The van der Waals surface area contributed by atoms with Gasteiger partial charge in [-0.05, 0) is 34.4 Å². The maximum Gasteiger partial charge on any atom is 0.355 e. The molecule has 9 heteroatoms. The Morgan fingerprint density at radius 1 is 1.17 bits per heavy atom. The minimum atomic E-state index is -1.10. The number of tetrazole rings is 1. The fourth-order valence-corrected chi connectivity index (χ4v) is 3.74. The molecular weight excluding hydrogens is 404 g/mol. The van der Waals surface area contributed by atoms with Crippen molar-refractivity contribution in [3.8, 4) is 22.5 Å². The number of aryl methyl sites for hydroxylation is 1. The number of rotatable bonds is 7. The molecule has 0 radical (unpaired) electrons. The Balaban J connectivity index is 1.81. The first-order valence-corrected chi connectivity index (χ1v) is 9.86. The molecular formula is C21H19ClN6O2. The molecule has 0 atom stereocenters. The van der Waals surface area contributed by atoms with Crippen LogP contribution in [0.15, 0.2) is 48.5 Å². The maximum atomic E-state index is 11.8. The zero-order valence-corrected chi connectivity index (χ0v) is 17.0. The molecule has 4 rings (SSSR count). The molecule has 0 saturated carbocycles. The topological polar surface area (TPSA) is 110 Å². The summed E-state index contributed by atoms with van der Waals surface area (Å²) in [6.45, 7) is 2.33. The first-order chi connectivity index (χ1) is 14.6. The first-order valence-electron chi connectivity index (χ1n) is 9.48. The Kier molecular flexibility index (Phi) is 5.58. The van der Waals surface area contributed by atoms with E-state index in [1.165, 1.54) is 0 Å². The van der Waals surface area contributed by atoms with Crippen LogP contribution in [0, 0.1) is 0 Å². The number of halogens is 1. The van der Waals surface area contributed by atoms with Crippen molar-refractivity contribution < 1.29 is 9.90 Å². The summed E-state index contributed by atoms with van der Waals surface area (Å²) in [6, 6.07) is 15.8. The number of nitrogens with one attached hydrogen (secondary N) is 1. The second-order valence-electron chi connectivity index (χ2n) is 6.79. The lowest BCUT2D eigenvalue weighted by Crippen LogP contribution is -2.13. The molecule has 2 aromatic heterocycles. The number of carboxylic acids is 1. The molecule has 0 saturated heterocycles. The van der Waals surface area contributed by atoms with Gasteiger partial charge in [-0.25, -0.2) is 9.78 Å². The molecule has 0 bridgehead atoms. The third-order valence-corrected chi connectivity index (χ3v) is 5.04. The predicted octanol–water partition coefficient (Wildman–Crippen LogP) is 4.08. The fourth-order valence-electron chi connectivity index (χ4n) is 3.46. The van der Waals surface area contributed by atoms with Gasteiger partial charge in [0.2, 0.25) is 5.82 Å². The van der Waals surface area contributed by atoms with Crippen LogP contribution in [0.1, 0.15) is 35.2 Å². The van der Waals surface area contributed by atoms with Crippen molar-refractivity contribution in [1.82, 2.24) is 30.2 Å². The molecule has 0 unspecified atom stereocenters. The number of H-pyrrole nitrogens is 1. The molecule has 0 amide bonds. The van der Waals surface area contributed by atoms with E-state index in [0.717, 1.165) is 28.7 Å². The predicted molar refractivity (Wildman–Crippen MR) is 112 cm³/mol. The van der Waals surface area contributed by atoms with Gasteiger partial charge in [-0.15, -0.1) is 10.2 Å². The lowest BCUT2D eigenvalue weighted by Gasteiger charge is -2.13. The number of hydrogen-bond acceptors (Lipinski definition) is 5. The third kappa shape index (κ3) is 3.81. The molecule has 0 spiro atoms. The SMILES string of the molecule is CCCc1nc(Cl)c(C(=O)O)n1Cc1ccc(-c2ccccc2)c(-c2nn[nH]n2)c1. The van der Waals surface area contributed by atoms with E-state index in [4.69, 9.17) is 11.6 Å². The quantitative estimate of drug-likeness (QED) is 0.464. The second-order valence-corrected chi connectivity index (χ2v) is 7.15. The zero-order valence-electron chi connectivity index (χ0n) is 16.2. The van der Waals surface area contributed by atoms with Crippen LogP contribution in [0.5, 0.6) is 0 Å². The zero-order chi connectivity index (χ0) is 21.1. The molecule has 2 aromatic carbocycles. The van der Waals surface area contributed by atoms with Gasteiger partial charge in [0, 0.05) is 18.5 Å². The highest BCUT2D eigenvalue weighted by Crippen LogP contribution is 2.31. The summed E-state index contributed by atoms with van der Waals surface area (Å²) in [5, 5.41) is 24.1. The minimum Gasteiger partial charge on any atom is -0.476 e. The van der Waals surface area contributed by atoms with Gasteiger partial charge in [-0.2, -0.15) is 5.21 Å². The molecule has 8 nitrogen and oxygen atoms in total. The van der Waals surface area contributed by atoms with Gasteiger partial charge in [0.15, 0.2) is 10.8 Å². The van der Waals surface area contributed by atoms with Crippen molar-refractivity contribution >= 4 is 17.6 Å². The van der Waals surface area contributed by atoms with E-state index in [0.29, 0.717) is 24.6 Å². The average molecular weight is 423 g/mol. The van der Waals surface area contributed by atoms with Gasteiger partial charge < -0.3 is 9.67 Å². The lowest BCUT2D eigenvalue weighted by atomic mass is 9.97. The number of nitrogens with zero attached hydrogens (tertiary/aromatic N) is 5. The van der Waals surface area contributed by atoms with Crippen molar-refractivity contribution in [2.24, 2.45) is 0 Å². The molecule has 0 aliphatic heterocycles. The van der Waals surface area contributed by atoms with Crippen LogP contribution in [0.25, 0.3) is 22.5 Å². The molecule has 4 aromatic rings. The van der Waals surface area contributed by atoms with Crippen molar-refractivity contribution in [3.05, 3.63) is 70.8 Å². The minimum absolute atomic E-state index is 0.00486. The van der Waals surface area contributed by atoms with E-state index in [2.05, 4.69) is 25.6 Å². The monoisotopic (exact) mass is 422 g/mol. The van der Waals surface area contributed by atoms with Gasteiger partial charge in [-0.3, -0.25) is 0 Å². The molecule has 30 heavy (non-hydrogen) atoms. The number of aromatic amines is 1. The molecule has 0 aliphatic rings. The van der Waals surface area contributed by atoms with E-state index in [9.17, 15) is 9.90 Å². The van der Waals surface area contributed by atoms with E-state index in [1.807, 2.05) is 55.5 Å². The first kappa shape index (κ1) is 19.8. The maximum absolute atomic E-state index is 11.8. The molecule has 152 valence electrons. The van der Waals surface area contributed by atoms with Crippen molar-refractivity contribution in [2.45, 2.75) is 26.3 Å². The standard InChI is InChI=1S/C21H19ClN6O2/c1-2-6-17-23-19(22)18(21(29)30)28(17)12-13-9-10-15(14-7-4-3-5-8-14)16(11-13)20-24-26-27-25-20/h3-5,7-11H,2,6,12H2,1H3,(H,29,30)(H,24,25,26,27). The average Bonchev–Trinajstić information content (AvgIpc) is 3.37. The molecule has 0 aliphatic carbocycles. The largest absolute Gasteiger partial charge is 0.476 e. The molecule has 2 N–H and O–H groups in total.